The Morgan fingerprint density at radius 1 is 0.568 bits per heavy atom. The van der Waals surface area contributed by atoms with E-state index >= 15 is 0 Å². The molecule has 0 atom stereocenters. The standard InChI is InChI=1S/C43H31N/c1-30-29-32(36-25-12-16-31-15-8-9-22-35(31)36)17-13-26-38-37-23-10-11-24-39(37)42-40(27-14-28-44-42)41(38)43(30,33-18-4-2-5-19-33)34-20-6-3-7-21-34/h2-25,27-29H,1,26H2/b17-13-,32-29+. The Morgan fingerprint density at radius 3 is 1.93 bits per heavy atom. The molecule has 1 aromatic heterocycles. The zero-order valence-corrected chi connectivity index (χ0v) is 24.4. The molecule has 208 valence electrons. The minimum atomic E-state index is -0.676. The van der Waals surface area contributed by atoms with Crippen molar-refractivity contribution in [1.82, 2.24) is 4.98 Å². The lowest BCUT2D eigenvalue weighted by molar-refractivity contribution is 0.747. The third-order valence-corrected chi connectivity index (χ3v) is 9.21. The fourth-order valence-electron chi connectivity index (χ4n) is 7.37. The summed E-state index contributed by atoms with van der Waals surface area (Å²) in [5, 5.41) is 6.04. The molecular formula is C43H31N. The monoisotopic (exact) mass is 561 g/mol. The van der Waals surface area contributed by atoms with Crippen molar-refractivity contribution in [2.45, 2.75) is 11.8 Å². The van der Waals surface area contributed by atoms with Crippen molar-refractivity contribution in [3.05, 3.63) is 204 Å². The first-order chi connectivity index (χ1) is 21.8. The number of aromatic nitrogens is 1. The van der Waals surface area contributed by atoms with Gasteiger partial charge < -0.3 is 0 Å². The fourth-order valence-corrected chi connectivity index (χ4v) is 7.37. The van der Waals surface area contributed by atoms with Crippen molar-refractivity contribution in [3.8, 4) is 0 Å². The molecule has 0 bridgehead atoms. The van der Waals surface area contributed by atoms with Crippen molar-refractivity contribution in [2.24, 2.45) is 0 Å². The Kier molecular flexibility index (Phi) is 6.31. The second kappa shape index (κ2) is 10.6. The summed E-state index contributed by atoms with van der Waals surface area (Å²) in [5.41, 5.74) is 8.66. The number of allylic oxidation sites excluding steroid dienone is 5. The predicted molar refractivity (Wildman–Crippen MR) is 186 cm³/mol. The van der Waals surface area contributed by atoms with Gasteiger partial charge in [-0.3, -0.25) is 4.98 Å². The van der Waals surface area contributed by atoms with Crippen molar-refractivity contribution < 1.29 is 0 Å². The lowest BCUT2D eigenvalue weighted by Crippen LogP contribution is -2.32. The van der Waals surface area contributed by atoms with Crippen molar-refractivity contribution in [1.29, 1.82) is 0 Å². The number of pyridine rings is 1. The molecule has 0 amide bonds. The number of hydrogen-bond donors (Lipinski definition) is 0. The number of fused-ring (bicyclic) bond motifs is 7. The Hall–Kier alpha value is -5.53. The van der Waals surface area contributed by atoms with Gasteiger partial charge in [-0.2, -0.15) is 0 Å². The summed E-state index contributed by atoms with van der Waals surface area (Å²) in [6, 6.07) is 50.1. The highest BCUT2D eigenvalue weighted by Crippen LogP contribution is 2.51. The molecule has 0 radical (unpaired) electrons. The van der Waals surface area contributed by atoms with Gasteiger partial charge in [0.05, 0.1) is 10.9 Å². The molecule has 44 heavy (non-hydrogen) atoms. The highest BCUT2D eigenvalue weighted by atomic mass is 14.7. The van der Waals surface area contributed by atoms with E-state index in [4.69, 9.17) is 11.6 Å². The first-order valence-corrected chi connectivity index (χ1v) is 15.2. The van der Waals surface area contributed by atoms with Crippen LogP contribution in [0, 0.1) is 0 Å². The largest absolute Gasteiger partial charge is 0.256 e. The molecule has 1 heteroatoms. The van der Waals surface area contributed by atoms with Crippen LogP contribution in [0.3, 0.4) is 0 Å². The third-order valence-electron chi connectivity index (χ3n) is 9.21. The normalized spacial score (nSPS) is 16.5. The van der Waals surface area contributed by atoms with Crippen LogP contribution in [0.1, 0.15) is 27.8 Å². The summed E-state index contributed by atoms with van der Waals surface area (Å²) >= 11 is 0. The van der Waals surface area contributed by atoms with Gasteiger partial charge in [0.1, 0.15) is 0 Å². The van der Waals surface area contributed by atoms with Gasteiger partial charge in [0.15, 0.2) is 0 Å². The van der Waals surface area contributed by atoms with E-state index in [0.717, 1.165) is 28.5 Å². The summed E-state index contributed by atoms with van der Waals surface area (Å²) in [6.07, 6.45) is 9.64. The Bertz CT molecular complexity index is 2210. The van der Waals surface area contributed by atoms with E-state index in [1.165, 1.54) is 49.4 Å². The van der Waals surface area contributed by atoms with Crippen molar-refractivity contribution in [2.75, 3.05) is 0 Å². The smallest absolute Gasteiger partial charge is 0.0783 e. The zero-order chi connectivity index (χ0) is 29.5. The molecule has 0 fully saturated rings. The van der Waals surface area contributed by atoms with E-state index in [-0.39, 0.29) is 0 Å². The maximum Gasteiger partial charge on any atom is 0.0783 e. The molecule has 1 aliphatic rings. The highest BCUT2D eigenvalue weighted by molar-refractivity contribution is 6.10. The highest BCUT2D eigenvalue weighted by Gasteiger charge is 2.42. The number of nitrogens with zero attached hydrogens (tertiary/aromatic N) is 1. The third kappa shape index (κ3) is 3.97. The van der Waals surface area contributed by atoms with Crippen LogP contribution in [0.25, 0.3) is 38.0 Å². The zero-order valence-electron chi connectivity index (χ0n) is 24.4. The quantitative estimate of drug-likeness (QED) is 0.196. The molecular weight excluding hydrogens is 530 g/mol. The molecule has 1 aliphatic carbocycles. The van der Waals surface area contributed by atoms with Gasteiger partial charge in [-0.15, -0.1) is 0 Å². The number of rotatable bonds is 3. The average Bonchev–Trinajstić information content (AvgIpc) is 3.15. The molecule has 6 aromatic carbocycles. The van der Waals surface area contributed by atoms with Gasteiger partial charge in [0.2, 0.25) is 0 Å². The molecule has 0 unspecified atom stereocenters. The lowest BCUT2D eigenvalue weighted by atomic mass is 9.62. The van der Waals surface area contributed by atoms with Crippen LogP contribution in [0.4, 0.5) is 0 Å². The van der Waals surface area contributed by atoms with Crippen LogP contribution in [0.2, 0.25) is 0 Å². The van der Waals surface area contributed by atoms with Gasteiger partial charge in [0.25, 0.3) is 0 Å². The molecule has 1 nitrogen and oxygen atoms in total. The van der Waals surface area contributed by atoms with Gasteiger partial charge in [0, 0.05) is 17.0 Å². The maximum absolute atomic E-state index is 5.01. The minimum Gasteiger partial charge on any atom is -0.256 e. The van der Waals surface area contributed by atoms with Gasteiger partial charge >= 0.3 is 0 Å². The molecule has 0 aliphatic heterocycles. The van der Waals surface area contributed by atoms with Gasteiger partial charge in [-0.1, -0.05) is 158 Å². The van der Waals surface area contributed by atoms with Crippen molar-refractivity contribution >= 4 is 38.0 Å². The first-order valence-electron chi connectivity index (χ1n) is 15.2. The van der Waals surface area contributed by atoms with Crippen LogP contribution in [0.5, 0.6) is 0 Å². The van der Waals surface area contributed by atoms with Crippen LogP contribution in [-0.2, 0) is 11.8 Å². The molecule has 7 aromatic rings. The topological polar surface area (TPSA) is 12.9 Å². The van der Waals surface area contributed by atoms with E-state index in [0.29, 0.717) is 0 Å². The Balaban J connectivity index is 1.57. The molecule has 8 rings (SSSR count). The summed E-state index contributed by atoms with van der Waals surface area (Å²) < 4.78 is 0. The summed E-state index contributed by atoms with van der Waals surface area (Å²) in [5.74, 6) is 0. The summed E-state index contributed by atoms with van der Waals surface area (Å²) in [4.78, 5) is 5.01. The Morgan fingerprint density at radius 2 is 1.18 bits per heavy atom. The van der Waals surface area contributed by atoms with Gasteiger partial charge in [-0.05, 0) is 67.6 Å². The molecule has 0 N–H and O–H groups in total. The SMILES string of the molecule is C=C1/C=C(c2cccc3ccccc23)\C=C/Cc2c(c3cccnc3c3ccccc23)C1(c1ccccc1)c1ccccc1. The molecule has 0 saturated heterocycles. The van der Waals surface area contributed by atoms with Crippen LogP contribution < -0.4 is 0 Å². The van der Waals surface area contributed by atoms with E-state index < -0.39 is 5.41 Å². The van der Waals surface area contributed by atoms with Crippen LogP contribution in [-0.4, -0.2) is 4.98 Å². The van der Waals surface area contributed by atoms with Crippen LogP contribution in [0.15, 0.2) is 176 Å². The van der Waals surface area contributed by atoms with E-state index in [2.05, 4.69) is 158 Å². The minimum absolute atomic E-state index is 0.676. The summed E-state index contributed by atoms with van der Waals surface area (Å²) in [6.45, 7) is 4.97. The van der Waals surface area contributed by atoms with Gasteiger partial charge in [-0.25, -0.2) is 0 Å². The number of hydrogen-bond acceptors (Lipinski definition) is 1. The fraction of sp³-hybridized carbons (Fsp3) is 0.0465. The molecule has 0 saturated carbocycles. The maximum atomic E-state index is 5.01. The number of benzene rings is 6. The predicted octanol–water partition coefficient (Wildman–Crippen LogP) is 10.6. The lowest BCUT2D eigenvalue weighted by Gasteiger charge is -2.39. The second-order valence-electron chi connectivity index (χ2n) is 11.5. The average molecular weight is 562 g/mol. The Labute approximate surface area is 258 Å². The van der Waals surface area contributed by atoms with Crippen LogP contribution >= 0.6 is 0 Å². The molecule has 0 spiro atoms. The second-order valence-corrected chi connectivity index (χ2v) is 11.5. The van der Waals surface area contributed by atoms with E-state index in [9.17, 15) is 0 Å². The van der Waals surface area contributed by atoms with E-state index in [1.54, 1.807) is 0 Å². The van der Waals surface area contributed by atoms with Crippen molar-refractivity contribution in [3.63, 3.8) is 0 Å². The molecule has 1 heterocycles. The first kappa shape index (κ1) is 26.1. The van der Waals surface area contributed by atoms with E-state index in [1.807, 2.05) is 6.20 Å². The summed E-state index contributed by atoms with van der Waals surface area (Å²) in [7, 11) is 0.